The molecule has 0 unspecified atom stereocenters. The quantitative estimate of drug-likeness (QED) is 0.278. The number of benzene rings is 3. The minimum atomic E-state index is -0.0382. The predicted octanol–water partition coefficient (Wildman–Crippen LogP) is 6.91. The maximum Gasteiger partial charge on any atom is 0.115 e. The van der Waals surface area contributed by atoms with Crippen molar-refractivity contribution < 1.29 is 5.11 Å². The van der Waals surface area contributed by atoms with Gasteiger partial charge in [-0.3, -0.25) is 0 Å². The standard InChI is InChI=1S/C25H21BrN2O/c1-14-23(17-7-3-5-9-21(17)27-14)25(19-13-16(29)11-12-20(19)26)24-15(2)28-22-10-6-4-8-18(22)24/h3-13,25,27-29H,1-2H3. The second-order valence-corrected chi connectivity index (χ2v) is 8.41. The Morgan fingerprint density at radius 1 is 0.759 bits per heavy atom. The van der Waals surface area contributed by atoms with Crippen LogP contribution in [0.2, 0.25) is 0 Å². The number of hydrogen-bond donors (Lipinski definition) is 3. The molecular formula is C25H21BrN2O. The molecule has 5 aromatic rings. The summed E-state index contributed by atoms with van der Waals surface area (Å²) in [6.07, 6.45) is 0. The van der Waals surface area contributed by atoms with Crippen LogP contribution in [0.25, 0.3) is 21.8 Å². The molecule has 0 aliphatic rings. The molecule has 0 fully saturated rings. The van der Waals surface area contributed by atoms with E-state index in [1.807, 2.05) is 12.1 Å². The SMILES string of the molecule is Cc1[nH]c2ccccc2c1C(c1cc(O)ccc1Br)c1c(C)[nH]c2ccccc12. The average Bonchev–Trinajstić information content (AvgIpc) is 3.21. The third kappa shape index (κ3) is 2.87. The third-order valence-corrected chi connectivity index (χ3v) is 6.48. The Kier molecular flexibility index (Phi) is 4.25. The number of aromatic hydroxyl groups is 1. The van der Waals surface area contributed by atoms with Crippen molar-refractivity contribution in [2.45, 2.75) is 19.8 Å². The first-order chi connectivity index (χ1) is 14.0. The molecule has 0 bridgehead atoms. The molecule has 29 heavy (non-hydrogen) atoms. The van der Waals surface area contributed by atoms with Crippen LogP contribution in [0, 0.1) is 13.8 Å². The van der Waals surface area contributed by atoms with Crippen LogP contribution in [0.3, 0.4) is 0 Å². The van der Waals surface area contributed by atoms with Gasteiger partial charge in [-0.25, -0.2) is 0 Å². The Morgan fingerprint density at radius 3 is 1.83 bits per heavy atom. The lowest BCUT2D eigenvalue weighted by Crippen LogP contribution is -2.07. The topological polar surface area (TPSA) is 51.8 Å². The van der Waals surface area contributed by atoms with E-state index in [4.69, 9.17) is 0 Å². The smallest absolute Gasteiger partial charge is 0.115 e. The molecule has 2 aromatic heterocycles. The fraction of sp³-hybridized carbons (Fsp3) is 0.120. The number of halogens is 1. The molecule has 0 saturated carbocycles. The van der Waals surface area contributed by atoms with E-state index in [-0.39, 0.29) is 11.7 Å². The zero-order chi connectivity index (χ0) is 20.1. The molecule has 5 rings (SSSR count). The Labute approximate surface area is 177 Å². The van der Waals surface area contributed by atoms with Gasteiger partial charge < -0.3 is 15.1 Å². The first kappa shape index (κ1) is 18.1. The van der Waals surface area contributed by atoms with E-state index in [1.165, 1.54) is 21.9 Å². The molecule has 4 heteroatoms. The minimum absolute atomic E-state index is 0.0382. The van der Waals surface area contributed by atoms with Gasteiger partial charge >= 0.3 is 0 Å². The van der Waals surface area contributed by atoms with Crippen molar-refractivity contribution in [1.29, 1.82) is 0 Å². The fourth-order valence-corrected chi connectivity index (χ4v) is 5.02. The zero-order valence-corrected chi connectivity index (χ0v) is 17.8. The van der Waals surface area contributed by atoms with Crippen molar-refractivity contribution >= 4 is 37.7 Å². The van der Waals surface area contributed by atoms with Gasteiger partial charge in [0, 0.05) is 43.6 Å². The van der Waals surface area contributed by atoms with Crippen molar-refractivity contribution in [2.24, 2.45) is 0 Å². The van der Waals surface area contributed by atoms with Gasteiger partial charge in [-0.05, 0) is 60.9 Å². The number of nitrogens with one attached hydrogen (secondary N) is 2. The van der Waals surface area contributed by atoms with Gasteiger partial charge in [-0.1, -0.05) is 52.3 Å². The van der Waals surface area contributed by atoms with Crippen molar-refractivity contribution in [3.8, 4) is 5.75 Å². The van der Waals surface area contributed by atoms with Gasteiger partial charge in [0.05, 0.1) is 0 Å². The normalized spacial score (nSPS) is 11.7. The van der Waals surface area contributed by atoms with E-state index in [9.17, 15) is 5.11 Å². The summed E-state index contributed by atoms with van der Waals surface area (Å²) in [7, 11) is 0. The number of phenols is 1. The van der Waals surface area contributed by atoms with Gasteiger partial charge in [-0.15, -0.1) is 0 Å². The molecule has 3 aromatic carbocycles. The Balaban J connectivity index is 1.91. The number of aromatic nitrogens is 2. The number of phenolic OH excluding ortho intramolecular Hbond substituents is 1. The summed E-state index contributed by atoms with van der Waals surface area (Å²) in [5, 5.41) is 12.7. The van der Waals surface area contributed by atoms with Crippen LogP contribution >= 0.6 is 15.9 Å². The highest BCUT2D eigenvalue weighted by Crippen LogP contribution is 2.45. The molecule has 3 nitrogen and oxygen atoms in total. The van der Waals surface area contributed by atoms with Crippen molar-refractivity contribution in [3.63, 3.8) is 0 Å². The molecule has 0 spiro atoms. The van der Waals surface area contributed by atoms with Gasteiger partial charge in [0.1, 0.15) is 5.75 Å². The molecule has 144 valence electrons. The predicted molar refractivity (Wildman–Crippen MR) is 123 cm³/mol. The Morgan fingerprint density at radius 2 is 1.28 bits per heavy atom. The van der Waals surface area contributed by atoms with Crippen molar-refractivity contribution in [3.05, 3.63) is 99.3 Å². The number of para-hydroxylation sites is 2. The minimum Gasteiger partial charge on any atom is -0.508 e. The highest BCUT2D eigenvalue weighted by atomic mass is 79.9. The van der Waals surface area contributed by atoms with Crippen LogP contribution in [-0.2, 0) is 0 Å². The summed E-state index contributed by atoms with van der Waals surface area (Å²) in [5.74, 6) is 0.229. The van der Waals surface area contributed by atoms with Crippen LogP contribution in [0.1, 0.15) is 34.0 Å². The highest BCUT2D eigenvalue weighted by molar-refractivity contribution is 9.10. The van der Waals surface area contributed by atoms with E-state index in [1.54, 1.807) is 6.07 Å². The lowest BCUT2D eigenvalue weighted by atomic mass is 9.82. The van der Waals surface area contributed by atoms with E-state index in [0.717, 1.165) is 32.5 Å². The third-order valence-electron chi connectivity index (χ3n) is 5.75. The zero-order valence-electron chi connectivity index (χ0n) is 16.3. The van der Waals surface area contributed by atoms with E-state index >= 15 is 0 Å². The van der Waals surface area contributed by atoms with E-state index < -0.39 is 0 Å². The number of aromatic amines is 2. The molecule has 0 radical (unpaired) electrons. The van der Waals surface area contributed by atoms with Crippen molar-refractivity contribution in [2.75, 3.05) is 0 Å². The molecule has 0 amide bonds. The molecule has 0 atom stereocenters. The lowest BCUT2D eigenvalue weighted by molar-refractivity contribution is 0.474. The number of fused-ring (bicyclic) bond motifs is 2. The van der Waals surface area contributed by atoms with Crippen LogP contribution in [-0.4, -0.2) is 15.1 Å². The molecule has 0 aliphatic heterocycles. The number of rotatable bonds is 3. The van der Waals surface area contributed by atoms with Gasteiger partial charge in [-0.2, -0.15) is 0 Å². The van der Waals surface area contributed by atoms with Gasteiger partial charge in [0.15, 0.2) is 0 Å². The van der Waals surface area contributed by atoms with Crippen LogP contribution in [0.4, 0.5) is 0 Å². The molecule has 3 N–H and O–H groups in total. The summed E-state index contributed by atoms with van der Waals surface area (Å²) in [6.45, 7) is 4.26. The van der Waals surface area contributed by atoms with Crippen LogP contribution < -0.4 is 0 Å². The first-order valence-corrected chi connectivity index (χ1v) is 10.5. The number of aryl methyl sites for hydroxylation is 2. The second kappa shape index (κ2) is 6.82. The first-order valence-electron chi connectivity index (χ1n) is 9.67. The molecule has 0 saturated heterocycles. The molecular weight excluding hydrogens is 424 g/mol. The number of hydrogen-bond acceptors (Lipinski definition) is 1. The second-order valence-electron chi connectivity index (χ2n) is 7.56. The summed E-state index contributed by atoms with van der Waals surface area (Å²) < 4.78 is 0.981. The summed E-state index contributed by atoms with van der Waals surface area (Å²) in [5.41, 5.74) is 8.04. The Hall–Kier alpha value is -2.98. The van der Waals surface area contributed by atoms with E-state index in [0.29, 0.717) is 0 Å². The largest absolute Gasteiger partial charge is 0.508 e. The lowest BCUT2D eigenvalue weighted by Gasteiger charge is -2.21. The van der Waals surface area contributed by atoms with E-state index in [2.05, 4.69) is 88.3 Å². The van der Waals surface area contributed by atoms with Crippen LogP contribution in [0.5, 0.6) is 5.75 Å². The monoisotopic (exact) mass is 444 g/mol. The Bertz CT molecular complexity index is 1280. The summed E-state index contributed by atoms with van der Waals surface area (Å²) in [6, 6.07) is 22.3. The van der Waals surface area contributed by atoms with Gasteiger partial charge in [0.25, 0.3) is 0 Å². The maximum atomic E-state index is 10.3. The molecule has 0 aliphatic carbocycles. The highest BCUT2D eigenvalue weighted by Gasteiger charge is 2.28. The maximum absolute atomic E-state index is 10.3. The fourth-order valence-electron chi connectivity index (χ4n) is 4.55. The molecule has 2 heterocycles. The summed E-state index contributed by atoms with van der Waals surface area (Å²) >= 11 is 3.75. The average molecular weight is 445 g/mol. The van der Waals surface area contributed by atoms with Gasteiger partial charge in [0.2, 0.25) is 0 Å². The summed E-state index contributed by atoms with van der Waals surface area (Å²) in [4.78, 5) is 7.11. The van der Waals surface area contributed by atoms with Crippen LogP contribution in [0.15, 0.2) is 71.2 Å². The van der Waals surface area contributed by atoms with Crippen molar-refractivity contribution in [1.82, 2.24) is 9.97 Å². The number of H-pyrrole nitrogens is 2.